The van der Waals surface area contributed by atoms with E-state index in [-0.39, 0.29) is 13.2 Å². The minimum atomic E-state index is 0.195. The topological polar surface area (TPSA) is 50.7 Å². The van der Waals surface area contributed by atoms with Gasteiger partial charge in [0.1, 0.15) is 6.61 Å². The summed E-state index contributed by atoms with van der Waals surface area (Å²) in [5.74, 6) is 1.07. The quantitative estimate of drug-likeness (QED) is 0.400. The maximum atomic E-state index is 8.81. The third-order valence-electron chi connectivity index (χ3n) is 4.13. The molecule has 0 heterocycles. The maximum absolute atomic E-state index is 8.81. The van der Waals surface area contributed by atoms with E-state index in [1.54, 1.807) is 18.2 Å². The van der Waals surface area contributed by atoms with Gasteiger partial charge in [0.25, 0.3) is 0 Å². The zero-order valence-corrected chi connectivity index (χ0v) is 18.2. The molecule has 0 atom stereocenters. The number of aliphatic hydroxyl groups excluding tert-OH is 1. The van der Waals surface area contributed by atoms with Gasteiger partial charge in [-0.2, -0.15) is 0 Å². The van der Waals surface area contributed by atoms with Gasteiger partial charge >= 0.3 is 0 Å². The lowest BCUT2D eigenvalue weighted by atomic mass is 10.2. The molecule has 0 saturated heterocycles. The van der Waals surface area contributed by atoms with Crippen molar-refractivity contribution < 1.29 is 14.6 Å². The monoisotopic (exact) mass is 445 g/mol. The Hall–Kier alpha value is -1.17. The summed E-state index contributed by atoms with van der Waals surface area (Å²) in [4.78, 5) is 0. The summed E-state index contributed by atoms with van der Waals surface area (Å²) in [5.41, 5.74) is 1.72. The van der Waals surface area contributed by atoms with Crippen molar-refractivity contribution in [3.8, 4) is 11.5 Å². The first-order valence-electron chi connectivity index (χ1n) is 9.39. The zero-order valence-electron chi connectivity index (χ0n) is 15.9. The Labute approximate surface area is 181 Å². The van der Waals surface area contributed by atoms with Crippen LogP contribution in [0.25, 0.3) is 0 Å². The summed E-state index contributed by atoms with van der Waals surface area (Å²) < 4.78 is 11.7. The van der Waals surface area contributed by atoms with Gasteiger partial charge < -0.3 is 19.9 Å². The van der Waals surface area contributed by atoms with E-state index in [1.807, 2.05) is 19.1 Å². The third-order valence-corrected chi connectivity index (χ3v) is 5.12. The normalized spacial score (nSPS) is 10.9. The Morgan fingerprint density at radius 3 is 2.39 bits per heavy atom. The average molecular weight is 447 g/mol. The van der Waals surface area contributed by atoms with E-state index in [0.717, 1.165) is 31.4 Å². The molecule has 0 fully saturated rings. The number of rotatable bonds is 12. The first-order chi connectivity index (χ1) is 13.6. The van der Waals surface area contributed by atoms with Gasteiger partial charge in [-0.1, -0.05) is 40.9 Å². The molecule has 0 aliphatic heterocycles. The van der Waals surface area contributed by atoms with Crippen molar-refractivity contribution in [1.82, 2.24) is 5.32 Å². The number of aliphatic hydroxyl groups is 1. The van der Waals surface area contributed by atoms with Crippen LogP contribution in [0.1, 0.15) is 37.3 Å². The highest BCUT2D eigenvalue weighted by Crippen LogP contribution is 2.38. The molecule has 0 unspecified atom stereocenters. The number of hydrogen-bond acceptors (Lipinski definition) is 4. The largest absolute Gasteiger partial charge is 0.490 e. The molecule has 0 aromatic heterocycles. The third kappa shape index (κ3) is 7.02. The molecule has 2 rings (SSSR count). The van der Waals surface area contributed by atoms with Crippen LogP contribution in [0.4, 0.5) is 0 Å². The standard InChI is InChI=1S/C21H26Cl3NO3/c1-2-27-20-12-15(13-25-9-4-3-5-10-26)11-19(24)21(20)28-14-16-17(22)7-6-8-18(16)23/h6-8,11-12,25-26H,2-5,9-10,13-14H2,1H3. The molecule has 7 heteroatoms. The number of hydrogen-bond donors (Lipinski definition) is 2. The molecule has 0 amide bonds. The van der Waals surface area contributed by atoms with Crippen molar-refractivity contribution >= 4 is 34.8 Å². The van der Waals surface area contributed by atoms with Gasteiger partial charge in [-0.25, -0.2) is 0 Å². The lowest BCUT2D eigenvalue weighted by Crippen LogP contribution is -2.15. The fourth-order valence-corrected chi connectivity index (χ4v) is 3.51. The Kier molecular flexibility index (Phi) is 10.2. The second kappa shape index (κ2) is 12.4. The molecule has 0 aliphatic carbocycles. The van der Waals surface area contributed by atoms with Crippen molar-refractivity contribution in [3.05, 3.63) is 56.5 Å². The summed E-state index contributed by atoms with van der Waals surface area (Å²) >= 11 is 18.9. The minimum Gasteiger partial charge on any atom is -0.490 e. The fraction of sp³-hybridized carbons (Fsp3) is 0.429. The van der Waals surface area contributed by atoms with Crippen LogP contribution in [0.15, 0.2) is 30.3 Å². The van der Waals surface area contributed by atoms with Crippen LogP contribution in [-0.4, -0.2) is 24.9 Å². The predicted molar refractivity (Wildman–Crippen MR) is 116 cm³/mol. The van der Waals surface area contributed by atoms with Crippen molar-refractivity contribution in [3.63, 3.8) is 0 Å². The van der Waals surface area contributed by atoms with Crippen LogP contribution in [-0.2, 0) is 13.2 Å². The second-order valence-corrected chi connectivity index (χ2v) is 7.51. The van der Waals surface area contributed by atoms with Crippen molar-refractivity contribution in [1.29, 1.82) is 0 Å². The molecule has 0 aliphatic rings. The summed E-state index contributed by atoms with van der Waals surface area (Å²) in [6.45, 7) is 4.40. The fourth-order valence-electron chi connectivity index (χ4n) is 2.71. The Balaban J connectivity index is 2.05. The second-order valence-electron chi connectivity index (χ2n) is 6.29. The van der Waals surface area contributed by atoms with Crippen LogP contribution in [0.3, 0.4) is 0 Å². The van der Waals surface area contributed by atoms with Crippen molar-refractivity contribution in [2.45, 2.75) is 39.3 Å². The van der Waals surface area contributed by atoms with Gasteiger partial charge in [-0.3, -0.25) is 0 Å². The van der Waals surface area contributed by atoms with E-state index in [4.69, 9.17) is 49.4 Å². The van der Waals surface area contributed by atoms with Crippen LogP contribution >= 0.6 is 34.8 Å². The van der Waals surface area contributed by atoms with E-state index in [9.17, 15) is 0 Å². The highest BCUT2D eigenvalue weighted by Gasteiger charge is 2.15. The average Bonchev–Trinajstić information content (AvgIpc) is 2.66. The predicted octanol–water partition coefficient (Wildman–Crippen LogP) is 5.88. The molecule has 0 radical (unpaired) electrons. The molecule has 2 aromatic carbocycles. The molecule has 0 saturated carbocycles. The van der Waals surface area contributed by atoms with E-state index in [1.165, 1.54) is 0 Å². The van der Waals surface area contributed by atoms with Gasteiger partial charge in [0, 0.05) is 28.8 Å². The molecule has 2 N–H and O–H groups in total. The molecule has 154 valence electrons. The molecule has 4 nitrogen and oxygen atoms in total. The van der Waals surface area contributed by atoms with Crippen molar-refractivity contribution in [2.24, 2.45) is 0 Å². The van der Waals surface area contributed by atoms with E-state index < -0.39 is 0 Å². The number of benzene rings is 2. The van der Waals surface area contributed by atoms with E-state index >= 15 is 0 Å². The summed E-state index contributed by atoms with van der Waals surface area (Å²) in [7, 11) is 0. The SMILES string of the molecule is CCOc1cc(CNCCCCCO)cc(Cl)c1OCc1c(Cl)cccc1Cl. The lowest BCUT2D eigenvalue weighted by molar-refractivity contribution is 0.269. The molecular weight excluding hydrogens is 421 g/mol. The molecular formula is C21H26Cl3NO3. The van der Waals surface area contributed by atoms with Gasteiger partial charge in [0.15, 0.2) is 11.5 Å². The maximum Gasteiger partial charge on any atom is 0.180 e. The smallest absolute Gasteiger partial charge is 0.180 e. The molecule has 0 spiro atoms. The first kappa shape index (κ1) is 23.1. The number of ether oxygens (including phenoxy) is 2. The van der Waals surface area contributed by atoms with Crippen LogP contribution in [0, 0.1) is 0 Å². The van der Waals surface area contributed by atoms with Crippen molar-refractivity contribution in [2.75, 3.05) is 19.8 Å². The molecule has 0 bridgehead atoms. The van der Waals surface area contributed by atoms with E-state index in [2.05, 4.69) is 5.32 Å². The highest BCUT2D eigenvalue weighted by atomic mass is 35.5. The number of nitrogens with one attached hydrogen (secondary N) is 1. The summed E-state index contributed by atoms with van der Waals surface area (Å²) in [6, 6.07) is 9.13. The highest BCUT2D eigenvalue weighted by molar-refractivity contribution is 6.36. The Morgan fingerprint density at radius 2 is 1.71 bits per heavy atom. The Bertz CT molecular complexity index is 736. The van der Waals surface area contributed by atoms with Crippen LogP contribution < -0.4 is 14.8 Å². The van der Waals surface area contributed by atoms with Gasteiger partial charge in [-0.15, -0.1) is 0 Å². The summed E-state index contributed by atoms with van der Waals surface area (Å²) in [6.07, 6.45) is 2.86. The number of unbranched alkanes of at least 4 members (excludes halogenated alkanes) is 2. The number of halogens is 3. The lowest BCUT2D eigenvalue weighted by Gasteiger charge is -2.16. The van der Waals surface area contributed by atoms with Gasteiger partial charge in [-0.05, 0) is 62.6 Å². The molecule has 28 heavy (non-hydrogen) atoms. The minimum absolute atomic E-state index is 0.195. The van der Waals surface area contributed by atoms with E-state index in [0.29, 0.717) is 45.3 Å². The molecule has 2 aromatic rings. The zero-order chi connectivity index (χ0) is 20.4. The Morgan fingerprint density at radius 1 is 0.964 bits per heavy atom. The van der Waals surface area contributed by atoms with Crippen LogP contribution in [0.2, 0.25) is 15.1 Å². The first-order valence-corrected chi connectivity index (χ1v) is 10.5. The van der Waals surface area contributed by atoms with Gasteiger partial charge in [0.2, 0.25) is 0 Å². The van der Waals surface area contributed by atoms with Gasteiger partial charge in [0.05, 0.1) is 11.6 Å². The summed E-state index contributed by atoms with van der Waals surface area (Å²) in [5, 5.41) is 13.8. The van der Waals surface area contributed by atoms with Crippen LogP contribution in [0.5, 0.6) is 11.5 Å².